The summed E-state index contributed by atoms with van der Waals surface area (Å²) in [4.78, 5) is 0. The third-order valence-corrected chi connectivity index (χ3v) is 3.22. The second-order valence-corrected chi connectivity index (χ2v) is 4.17. The fourth-order valence-electron chi connectivity index (χ4n) is 2.27. The number of aromatic nitrogens is 2. The van der Waals surface area contributed by atoms with Gasteiger partial charge in [-0.25, -0.2) is 0 Å². The van der Waals surface area contributed by atoms with Gasteiger partial charge in [-0.3, -0.25) is 4.68 Å². The molecule has 0 saturated heterocycles. The molecule has 0 radical (unpaired) electrons. The molecule has 0 atom stereocenters. The van der Waals surface area contributed by atoms with E-state index >= 15 is 0 Å². The maximum Gasteiger partial charge on any atom is 0.0727 e. The van der Waals surface area contributed by atoms with E-state index in [0.717, 1.165) is 6.54 Å². The molecule has 3 heteroatoms. The Morgan fingerprint density at radius 1 is 1.62 bits per heavy atom. The van der Waals surface area contributed by atoms with Crippen LogP contribution in [-0.2, 0) is 12.5 Å². The van der Waals surface area contributed by atoms with Crippen molar-refractivity contribution in [3.8, 4) is 0 Å². The first kappa shape index (κ1) is 8.75. The summed E-state index contributed by atoms with van der Waals surface area (Å²) in [5.41, 5.74) is 8.55. The van der Waals surface area contributed by atoms with Crippen molar-refractivity contribution in [2.75, 3.05) is 6.54 Å². The van der Waals surface area contributed by atoms with Gasteiger partial charge in [-0.2, -0.15) is 5.10 Å². The molecule has 1 heterocycles. The molecule has 0 aromatic carbocycles. The van der Waals surface area contributed by atoms with Gasteiger partial charge in [-0.15, -0.1) is 0 Å². The normalized spacial score (nSPS) is 19.9. The van der Waals surface area contributed by atoms with Gasteiger partial charge in [0.1, 0.15) is 0 Å². The maximum atomic E-state index is 5.83. The Morgan fingerprint density at radius 2 is 2.31 bits per heavy atom. The molecule has 1 fully saturated rings. The number of hydrogen-bond donors (Lipinski definition) is 1. The molecule has 1 aliphatic carbocycles. The van der Waals surface area contributed by atoms with Crippen molar-refractivity contribution in [2.45, 2.75) is 31.6 Å². The smallest absolute Gasteiger partial charge is 0.0727 e. The van der Waals surface area contributed by atoms with E-state index in [4.69, 9.17) is 5.73 Å². The van der Waals surface area contributed by atoms with Crippen LogP contribution in [0.1, 0.15) is 30.5 Å². The van der Waals surface area contributed by atoms with E-state index in [-0.39, 0.29) is 5.41 Å². The van der Waals surface area contributed by atoms with Gasteiger partial charge in [-0.1, -0.05) is 6.42 Å². The molecule has 0 amide bonds. The highest BCUT2D eigenvalue weighted by atomic mass is 15.3. The van der Waals surface area contributed by atoms with Gasteiger partial charge in [0.2, 0.25) is 0 Å². The third kappa shape index (κ3) is 1.18. The lowest BCUT2D eigenvalue weighted by atomic mass is 9.66. The van der Waals surface area contributed by atoms with Crippen LogP contribution in [-0.4, -0.2) is 16.3 Å². The number of aryl methyl sites for hydroxylation is 2. The van der Waals surface area contributed by atoms with Gasteiger partial charge in [0.15, 0.2) is 0 Å². The molecule has 72 valence electrons. The van der Waals surface area contributed by atoms with Gasteiger partial charge in [-0.05, 0) is 25.3 Å². The van der Waals surface area contributed by atoms with Crippen molar-refractivity contribution >= 4 is 0 Å². The second-order valence-electron chi connectivity index (χ2n) is 4.17. The highest BCUT2D eigenvalue weighted by Gasteiger charge is 2.40. The molecular formula is C10H17N3. The molecule has 1 aliphatic rings. The number of rotatable bonds is 2. The minimum absolute atomic E-state index is 0.214. The predicted molar refractivity (Wildman–Crippen MR) is 52.5 cm³/mol. The van der Waals surface area contributed by atoms with Gasteiger partial charge in [0.05, 0.1) is 5.69 Å². The molecule has 1 aromatic rings. The van der Waals surface area contributed by atoms with E-state index in [1.165, 1.54) is 30.5 Å². The SMILES string of the molecule is Cc1cn(C)nc1C1(CN)CCC1. The predicted octanol–water partition coefficient (Wildman–Crippen LogP) is 1.11. The van der Waals surface area contributed by atoms with Crippen molar-refractivity contribution in [3.63, 3.8) is 0 Å². The summed E-state index contributed by atoms with van der Waals surface area (Å²) in [6, 6.07) is 0. The lowest BCUT2D eigenvalue weighted by Gasteiger charge is -2.40. The zero-order chi connectivity index (χ0) is 9.47. The van der Waals surface area contributed by atoms with E-state index in [2.05, 4.69) is 18.2 Å². The molecule has 1 saturated carbocycles. The molecule has 0 aliphatic heterocycles. The van der Waals surface area contributed by atoms with Crippen LogP contribution in [0.25, 0.3) is 0 Å². The van der Waals surface area contributed by atoms with E-state index in [1.54, 1.807) is 0 Å². The van der Waals surface area contributed by atoms with Crippen LogP contribution in [0.4, 0.5) is 0 Å². The zero-order valence-electron chi connectivity index (χ0n) is 8.38. The molecule has 1 aromatic heterocycles. The van der Waals surface area contributed by atoms with Crippen LogP contribution in [0.5, 0.6) is 0 Å². The molecule has 13 heavy (non-hydrogen) atoms. The lowest BCUT2D eigenvalue weighted by molar-refractivity contribution is 0.243. The molecule has 2 rings (SSSR count). The number of nitrogens with two attached hydrogens (primary N) is 1. The monoisotopic (exact) mass is 179 g/mol. The average molecular weight is 179 g/mol. The average Bonchev–Trinajstić information content (AvgIpc) is 2.30. The highest BCUT2D eigenvalue weighted by Crippen LogP contribution is 2.43. The number of hydrogen-bond acceptors (Lipinski definition) is 2. The lowest BCUT2D eigenvalue weighted by Crippen LogP contribution is -2.42. The summed E-state index contributed by atoms with van der Waals surface area (Å²) in [6.45, 7) is 2.86. The van der Waals surface area contributed by atoms with Crippen molar-refractivity contribution in [1.82, 2.24) is 9.78 Å². The molecule has 0 spiro atoms. The van der Waals surface area contributed by atoms with Crippen molar-refractivity contribution in [3.05, 3.63) is 17.5 Å². The third-order valence-electron chi connectivity index (χ3n) is 3.22. The van der Waals surface area contributed by atoms with Crippen molar-refractivity contribution in [1.29, 1.82) is 0 Å². The fraction of sp³-hybridized carbons (Fsp3) is 0.700. The number of nitrogens with zero attached hydrogens (tertiary/aromatic N) is 2. The summed E-state index contributed by atoms with van der Waals surface area (Å²) in [5, 5.41) is 4.51. The Balaban J connectivity index is 2.37. The summed E-state index contributed by atoms with van der Waals surface area (Å²) < 4.78 is 1.89. The highest BCUT2D eigenvalue weighted by molar-refractivity contribution is 5.28. The maximum absolute atomic E-state index is 5.83. The van der Waals surface area contributed by atoms with E-state index in [0.29, 0.717) is 0 Å². The second kappa shape index (κ2) is 2.84. The van der Waals surface area contributed by atoms with E-state index in [1.807, 2.05) is 11.7 Å². The van der Waals surface area contributed by atoms with Crippen LogP contribution in [0, 0.1) is 6.92 Å². The fourth-order valence-corrected chi connectivity index (χ4v) is 2.27. The van der Waals surface area contributed by atoms with Crippen LogP contribution in [0.2, 0.25) is 0 Å². The largest absolute Gasteiger partial charge is 0.330 e. The minimum Gasteiger partial charge on any atom is -0.330 e. The summed E-state index contributed by atoms with van der Waals surface area (Å²) in [6.07, 6.45) is 5.79. The molecule has 0 unspecified atom stereocenters. The van der Waals surface area contributed by atoms with Crippen LogP contribution >= 0.6 is 0 Å². The van der Waals surface area contributed by atoms with Crippen molar-refractivity contribution in [2.24, 2.45) is 12.8 Å². The molecular weight excluding hydrogens is 162 g/mol. The zero-order valence-corrected chi connectivity index (χ0v) is 8.38. The van der Waals surface area contributed by atoms with Gasteiger partial charge in [0, 0.05) is 25.2 Å². The topological polar surface area (TPSA) is 43.8 Å². The first-order valence-corrected chi connectivity index (χ1v) is 4.89. The quantitative estimate of drug-likeness (QED) is 0.739. The molecule has 2 N–H and O–H groups in total. The van der Waals surface area contributed by atoms with Crippen LogP contribution < -0.4 is 5.73 Å². The molecule has 0 bridgehead atoms. The van der Waals surface area contributed by atoms with E-state index < -0.39 is 0 Å². The summed E-state index contributed by atoms with van der Waals surface area (Å²) in [7, 11) is 1.97. The van der Waals surface area contributed by atoms with Crippen LogP contribution in [0.3, 0.4) is 0 Å². The first-order chi connectivity index (χ1) is 6.18. The Kier molecular flexibility index (Phi) is 1.91. The Hall–Kier alpha value is -0.830. The standard InChI is InChI=1S/C10H17N3/c1-8-6-13(2)12-9(8)10(7-11)4-3-5-10/h6H,3-5,7,11H2,1-2H3. The minimum atomic E-state index is 0.214. The van der Waals surface area contributed by atoms with Crippen molar-refractivity contribution < 1.29 is 0 Å². The first-order valence-electron chi connectivity index (χ1n) is 4.89. The molecule has 3 nitrogen and oxygen atoms in total. The van der Waals surface area contributed by atoms with Gasteiger partial charge in [0.25, 0.3) is 0 Å². The Labute approximate surface area is 78.9 Å². The summed E-state index contributed by atoms with van der Waals surface area (Å²) >= 11 is 0. The van der Waals surface area contributed by atoms with Crippen LogP contribution in [0.15, 0.2) is 6.20 Å². The van der Waals surface area contributed by atoms with E-state index in [9.17, 15) is 0 Å². The Bertz CT molecular complexity index is 304. The van der Waals surface area contributed by atoms with Gasteiger partial charge < -0.3 is 5.73 Å². The summed E-state index contributed by atoms with van der Waals surface area (Å²) in [5.74, 6) is 0. The van der Waals surface area contributed by atoms with Gasteiger partial charge >= 0.3 is 0 Å². The Morgan fingerprint density at radius 3 is 2.62 bits per heavy atom.